The van der Waals surface area contributed by atoms with Crippen molar-refractivity contribution in [3.8, 4) is 0 Å². The van der Waals surface area contributed by atoms with Gasteiger partial charge in [-0.15, -0.1) is 0 Å². The van der Waals surface area contributed by atoms with Crippen molar-refractivity contribution < 1.29 is 0 Å². The number of fused-ring (bicyclic) bond motifs is 1. The van der Waals surface area contributed by atoms with Gasteiger partial charge < -0.3 is 4.90 Å². The molecule has 0 amide bonds. The highest BCUT2D eigenvalue weighted by Crippen LogP contribution is 2.56. The molecule has 1 aromatic carbocycles. The van der Waals surface area contributed by atoms with Crippen molar-refractivity contribution in [3.05, 3.63) is 23.8 Å². The fourth-order valence-corrected chi connectivity index (χ4v) is 4.00. The fraction of sp³-hybridized carbons (Fsp3) is 0.625. The first kappa shape index (κ1) is 11.0. The summed E-state index contributed by atoms with van der Waals surface area (Å²) in [7, 11) is 5.95. The molecule has 0 bridgehead atoms. The van der Waals surface area contributed by atoms with Crippen molar-refractivity contribution >= 4 is 19.0 Å². The molecule has 2 saturated carbocycles. The summed E-state index contributed by atoms with van der Waals surface area (Å²) in [5.74, 6) is 0. The van der Waals surface area contributed by atoms with Crippen LogP contribution in [-0.2, 0) is 6.42 Å². The molecule has 1 aromatic rings. The molecular weight excluding hydrogens is 217 g/mol. The average molecular weight is 237 g/mol. The summed E-state index contributed by atoms with van der Waals surface area (Å²) >= 11 is 0. The minimum Gasteiger partial charge on any atom is -0.368 e. The van der Waals surface area contributed by atoms with E-state index in [4.69, 9.17) is 7.85 Å². The van der Waals surface area contributed by atoms with Gasteiger partial charge in [0.05, 0.1) is 0 Å². The van der Waals surface area contributed by atoms with Gasteiger partial charge in [-0.05, 0) is 62.0 Å². The van der Waals surface area contributed by atoms with Gasteiger partial charge in [-0.2, -0.15) is 0 Å². The molecule has 1 nitrogen and oxygen atoms in total. The third-order valence-corrected chi connectivity index (χ3v) is 5.45. The van der Waals surface area contributed by atoms with Crippen LogP contribution in [-0.4, -0.2) is 20.4 Å². The largest absolute Gasteiger partial charge is 0.368 e. The van der Waals surface area contributed by atoms with Crippen molar-refractivity contribution in [2.75, 3.05) is 11.4 Å². The lowest BCUT2D eigenvalue weighted by Crippen LogP contribution is -2.37. The van der Waals surface area contributed by atoms with E-state index in [1.807, 2.05) is 6.07 Å². The molecule has 18 heavy (non-hydrogen) atoms. The zero-order valence-electron chi connectivity index (χ0n) is 11.0. The van der Waals surface area contributed by atoms with Crippen LogP contribution in [0.2, 0.25) is 0 Å². The van der Waals surface area contributed by atoms with Gasteiger partial charge in [0.2, 0.25) is 0 Å². The Morgan fingerprint density at radius 2 is 1.89 bits per heavy atom. The van der Waals surface area contributed by atoms with Crippen LogP contribution in [0.4, 0.5) is 5.69 Å². The van der Waals surface area contributed by atoms with Gasteiger partial charge in [0.15, 0.2) is 0 Å². The first-order chi connectivity index (χ1) is 8.76. The first-order valence-electron chi connectivity index (χ1n) is 7.41. The van der Waals surface area contributed by atoms with Gasteiger partial charge in [0, 0.05) is 18.3 Å². The van der Waals surface area contributed by atoms with Gasteiger partial charge in [0.1, 0.15) is 7.85 Å². The maximum atomic E-state index is 5.95. The molecule has 0 N–H and O–H groups in total. The summed E-state index contributed by atoms with van der Waals surface area (Å²) in [5.41, 5.74) is 4.63. The Morgan fingerprint density at radius 3 is 2.61 bits per heavy atom. The molecule has 0 saturated heterocycles. The molecule has 0 aromatic heterocycles. The predicted octanol–water partition coefficient (Wildman–Crippen LogP) is 2.57. The second-order valence-corrected chi connectivity index (χ2v) is 6.56. The van der Waals surface area contributed by atoms with Crippen molar-refractivity contribution in [1.82, 2.24) is 0 Å². The van der Waals surface area contributed by atoms with E-state index in [0.29, 0.717) is 0 Å². The zero-order chi connectivity index (χ0) is 12.2. The molecular formula is C16H20BN. The van der Waals surface area contributed by atoms with Gasteiger partial charge in [-0.3, -0.25) is 0 Å². The molecule has 2 fully saturated rings. The van der Waals surface area contributed by atoms with Crippen LogP contribution in [0, 0.1) is 5.41 Å². The highest BCUT2D eigenvalue weighted by molar-refractivity contribution is 6.32. The number of hydrogen-bond acceptors (Lipinski definition) is 1. The normalized spacial score (nSPS) is 25.4. The molecule has 3 aliphatic rings. The van der Waals surface area contributed by atoms with E-state index in [2.05, 4.69) is 17.0 Å². The minimum atomic E-state index is 0.777. The zero-order valence-corrected chi connectivity index (χ0v) is 11.0. The summed E-state index contributed by atoms with van der Waals surface area (Å²) in [5, 5.41) is 0. The fourth-order valence-electron chi connectivity index (χ4n) is 4.00. The molecule has 2 heteroatoms. The predicted molar refractivity (Wildman–Crippen MR) is 76.8 cm³/mol. The lowest BCUT2D eigenvalue weighted by molar-refractivity contribution is 0.298. The highest BCUT2D eigenvalue weighted by atomic mass is 15.2. The van der Waals surface area contributed by atoms with Crippen LogP contribution in [0.1, 0.15) is 44.1 Å². The summed E-state index contributed by atoms with van der Waals surface area (Å²) < 4.78 is 0. The number of hydrogen-bond donors (Lipinski definition) is 0. The van der Waals surface area contributed by atoms with Crippen LogP contribution >= 0.6 is 0 Å². The molecule has 1 aliphatic heterocycles. The highest BCUT2D eigenvalue weighted by Gasteiger charge is 2.45. The Balaban J connectivity index is 1.55. The quantitative estimate of drug-likeness (QED) is 0.678. The molecule has 0 unspecified atom stereocenters. The second-order valence-electron chi connectivity index (χ2n) is 6.56. The minimum absolute atomic E-state index is 0.777. The summed E-state index contributed by atoms with van der Waals surface area (Å²) in [4.78, 5) is 2.64. The van der Waals surface area contributed by atoms with Gasteiger partial charge >= 0.3 is 0 Å². The number of benzene rings is 1. The average Bonchev–Trinajstić information content (AvgIpc) is 3.00. The maximum Gasteiger partial charge on any atom is 0.113 e. The van der Waals surface area contributed by atoms with E-state index < -0.39 is 0 Å². The number of nitrogens with zero attached hydrogens (tertiary/aromatic N) is 1. The van der Waals surface area contributed by atoms with Gasteiger partial charge in [-0.25, -0.2) is 0 Å². The third-order valence-electron chi connectivity index (χ3n) is 5.45. The van der Waals surface area contributed by atoms with Crippen molar-refractivity contribution in [2.24, 2.45) is 5.41 Å². The van der Waals surface area contributed by atoms with Crippen molar-refractivity contribution in [3.63, 3.8) is 0 Å². The van der Waals surface area contributed by atoms with E-state index in [1.165, 1.54) is 62.7 Å². The Labute approximate surface area is 111 Å². The Kier molecular flexibility index (Phi) is 2.31. The monoisotopic (exact) mass is 237 g/mol. The van der Waals surface area contributed by atoms with Crippen molar-refractivity contribution in [1.29, 1.82) is 0 Å². The first-order valence-corrected chi connectivity index (χ1v) is 7.41. The van der Waals surface area contributed by atoms with Crippen molar-refractivity contribution in [2.45, 2.75) is 51.0 Å². The Hall–Kier alpha value is -0.915. The van der Waals surface area contributed by atoms with Crippen LogP contribution < -0.4 is 10.4 Å². The van der Waals surface area contributed by atoms with E-state index in [9.17, 15) is 0 Å². The molecule has 0 atom stereocenters. The molecule has 1 spiro atoms. The van der Waals surface area contributed by atoms with Crippen LogP contribution in [0.3, 0.4) is 0 Å². The molecule has 92 valence electrons. The lowest BCUT2D eigenvalue weighted by atomic mass is 9.82. The standard InChI is InChI=1S/C16H20BN/c17-13-2-1-12-5-10-18(15(12)11-13)14-3-6-16(7-4-14)8-9-16/h1-2,11,14H,3-10H2. The van der Waals surface area contributed by atoms with E-state index in [1.54, 1.807) is 0 Å². The molecule has 1 heterocycles. The number of rotatable bonds is 1. The van der Waals surface area contributed by atoms with E-state index in [0.717, 1.165) is 16.9 Å². The molecule has 2 radical (unpaired) electrons. The van der Waals surface area contributed by atoms with E-state index in [-0.39, 0.29) is 0 Å². The molecule has 2 aliphatic carbocycles. The van der Waals surface area contributed by atoms with Crippen LogP contribution in [0.5, 0.6) is 0 Å². The Morgan fingerprint density at radius 1 is 1.11 bits per heavy atom. The summed E-state index contributed by atoms with van der Waals surface area (Å²) in [6.07, 6.45) is 9.93. The molecule has 4 rings (SSSR count). The third kappa shape index (κ3) is 1.69. The van der Waals surface area contributed by atoms with E-state index >= 15 is 0 Å². The second kappa shape index (κ2) is 3.79. The Bertz CT molecular complexity index is 468. The SMILES string of the molecule is [B]c1ccc2c(c1)N(C1CCC3(CC1)CC3)CC2. The van der Waals surface area contributed by atoms with Gasteiger partial charge in [0.25, 0.3) is 0 Å². The summed E-state index contributed by atoms with van der Waals surface area (Å²) in [6, 6.07) is 7.22. The van der Waals surface area contributed by atoms with Crippen LogP contribution in [0.25, 0.3) is 0 Å². The smallest absolute Gasteiger partial charge is 0.113 e. The summed E-state index contributed by atoms with van der Waals surface area (Å²) in [6.45, 7) is 1.20. The maximum absolute atomic E-state index is 5.95. The van der Waals surface area contributed by atoms with Crippen LogP contribution in [0.15, 0.2) is 18.2 Å². The van der Waals surface area contributed by atoms with Gasteiger partial charge in [-0.1, -0.05) is 17.6 Å². The topological polar surface area (TPSA) is 3.24 Å². The number of anilines is 1. The lowest BCUT2D eigenvalue weighted by Gasteiger charge is -2.36.